The van der Waals surface area contributed by atoms with Crippen LogP contribution in [0, 0.1) is 0 Å². The molecule has 0 atom stereocenters. The van der Waals surface area contributed by atoms with Crippen LogP contribution >= 0.6 is 107 Å². The van der Waals surface area contributed by atoms with E-state index in [-0.39, 0.29) is 95.9 Å². The molecule has 0 saturated heterocycles. The standard InChI is InChI=1S/C28H34N10S.4HI/c1-37(2)13-11-31-25(29)17-5-7-19-21(15-17)35-27(33-19)23-9-10-24(39-23)28-34-20-8-6-18(16-22(20)36-28)26(30)32-12-14-38(3)4;;;;/h5-10,15-16H,11-14H2,1-4H3,(H2,29,31)(H2,30,32)(H,33,35)(H,34,36);4*1H. The number of fused-ring (bicyclic) bond motifs is 2. The number of thiophene rings is 1. The van der Waals surface area contributed by atoms with Gasteiger partial charge in [0.05, 0.1) is 44.9 Å². The number of aromatic nitrogens is 4. The number of nitrogens with zero attached hydrogens (tertiary/aromatic N) is 6. The molecule has 2 aromatic carbocycles. The quantitative estimate of drug-likeness (QED) is 0.0788. The molecular weight excluding hydrogens is 1020 g/mol. The van der Waals surface area contributed by atoms with E-state index < -0.39 is 0 Å². The van der Waals surface area contributed by atoms with Crippen LogP contribution in [-0.2, 0) is 0 Å². The lowest BCUT2D eigenvalue weighted by molar-refractivity contribution is 0.420. The SMILES string of the molecule is CN(C)CCN=C(N)c1ccc2nc(-c3ccc(-c4nc5ccc(C(N)=NCCN(C)C)cc5[nH]4)s3)[nH]c2c1.I.I.I.I. The van der Waals surface area contributed by atoms with Crippen LogP contribution in [0.15, 0.2) is 58.5 Å². The van der Waals surface area contributed by atoms with Gasteiger partial charge in [-0.25, -0.2) is 9.97 Å². The second-order valence-corrected chi connectivity index (χ2v) is 11.0. The number of halogens is 4. The molecule has 0 fully saturated rings. The number of hydrogen-bond acceptors (Lipinski definition) is 7. The van der Waals surface area contributed by atoms with E-state index in [1.165, 1.54) is 0 Å². The molecule has 43 heavy (non-hydrogen) atoms. The summed E-state index contributed by atoms with van der Waals surface area (Å²) in [5.41, 5.74) is 17.8. The minimum absolute atomic E-state index is 0. The fourth-order valence-electron chi connectivity index (χ4n) is 4.09. The minimum atomic E-state index is 0. The zero-order valence-corrected chi connectivity index (χ0v) is 34.5. The number of benzene rings is 2. The molecule has 0 aliphatic carbocycles. The van der Waals surface area contributed by atoms with Crippen molar-refractivity contribution in [2.24, 2.45) is 21.5 Å². The highest BCUT2D eigenvalue weighted by Crippen LogP contribution is 2.34. The maximum Gasteiger partial charge on any atom is 0.148 e. The van der Waals surface area contributed by atoms with E-state index in [1.807, 2.05) is 64.6 Å². The molecule has 6 N–H and O–H groups in total. The van der Waals surface area contributed by atoms with Gasteiger partial charge in [-0.2, -0.15) is 0 Å². The summed E-state index contributed by atoms with van der Waals surface area (Å²) in [6.07, 6.45) is 0. The molecule has 5 rings (SSSR count). The number of hydrogen-bond donors (Lipinski definition) is 4. The summed E-state index contributed by atoms with van der Waals surface area (Å²) in [5.74, 6) is 2.68. The highest BCUT2D eigenvalue weighted by Gasteiger charge is 2.13. The molecule has 0 amide bonds. The molecule has 0 saturated carbocycles. The Hall–Kier alpha value is -1.14. The molecule has 3 heterocycles. The van der Waals surface area contributed by atoms with Crippen molar-refractivity contribution in [2.75, 3.05) is 54.4 Å². The number of rotatable bonds is 10. The van der Waals surface area contributed by atoms with Crippen molar-refractivity contribution in [3.63, 3.8) is 0 Å². The first kappa shape index (κ1) is 39.9. The van der Waals surface area contributed by atoms with Gasteiger partial charge in [0.15, 0.2) is 0 Å². The fraction of sp³-hybridized carbons (Fsp3) is 0.286. The van der Waals surface area contributed by atoms with Crippen LogP contribution in [-0.4, -0.2) is 95.8 Å². The Morgan fingerprint density at radius 2 is 1.07 bits per heavy atom. The Bertz CT molecular complexity index is 1550. The topological polar surface area (TPSA) is 141 Å². The van der Waals surface area contributed by atoms with E-state index in [1.54, 1.807) is 11.3 Å². The van der Waals surface area contributed by atoms with Crippen LogP contribution in [0.4, 0.5) is 0 Å². The van der Waals surface area contributed by atoms with Crippen LogP contribution in [0.1, 0.15) is 11.1 Å². The Kier molecular flexibility index (Phi) is 16.8. The van der Waals surface area contributed by atoms with Gasteiger partial charge in [0, 0.05) is 24.2 Å². The van der Waals surface area contributed by atoms with Gasteiger partial charge in [0.2, 0.25) is 0 Å². The summed E-state index contributed by atoms with van der Waals surface area (Å²) in [5, 5.41) is 0. The Morgan fingerprint density at radius 1 is 0.674 bits per heavy atom. The van der Waals surface area contributed by atoms with Crippen LogP contribution < -0.4 is 11.5 Å². The molecule has 5 aromatic rings. The molecule has 0 spiro atoms. The molecule has 0 aliphatic heterocycles. The number of aromatic amines is 2. The highest BCUT2D eigenvalue weighted by molar-refractivity contribution is 14.0. The summed E-state index contributed by atoms with van der Waals surface area (Å²) in [6.45, 7) is 3.01. The average Bonchev–Trinajstić information content (AvgIpc) is 3.64. The third kappa shape index (κ3) is 10.2. The van der Waals surface area contributed by atoms with E-state index in [0.29, 0.717) is 24.8 Å². The number of likely N-dealkylation sites (N-methyl/N-ethyl adjacent to an activating group) is 2. The van der Waals surface area contributed by atoms with Crippen molar-refractivity contribution < 1.29 is 0 Å². The maximum absolute atomic E-state index is 6.22. The van der Waals surface area contributed by atoms with Gasteiger partial charge in [-0.1, -0.05) is 0 Å². The van der Waals surface area contributed by atoms with Crippen LogP contribution in [0.3, 0.4) is 0 Å². The summed E-state index contributed by atoms with van der Waals surface area (Å²) in [4.78, 5) is 31.6. The number of amidine groups is 2. The van der Waals surface area contributed by atoms with Crippen LogP contribution in [0.25, 0.3) is 43.5 Å². The summed E-state index contributed by atoms with van der Waals surface area (Å²) in [7, 11) is 8.08. The third-order valence-corrected chi connectivity index (χ3v) is 7.39. The summed E-state index contributed by atoms with van der Waals surface area (Å²) < 4.78 is 0. The van der Waals surface area contributed by atoms with Crippen molar-refractivity contribution in [1.82, 2.24) is 29.7 Å². The van der Waals surface area contributed by atoms with Gasteiger partial charge in [-0.15, -0.1) is 107 Å². The second-order valence-electron chi connectivity index (χ2n) is 9.94. The van der Waals surface area contributed by atoms with Crippen molar-refractivity contribution in [3.05, 3.63) is 59.7 Å². The molecule has 3 aromatic heterocycles. The first-order valence-electron chi connectivity index (χ1n) is 12.8. The van der Waals surface area contributed by atoms with E-state index >= 15 is 0 Å². The van der Waals surface area contributed by atoms with Gasteiger partial charge in [0.25, 0.3) is 0 Å². The number of nitrogens with two attached hydrogens (primary N) is 2. The third-order valence-electron chi connectivity index (χ3n) is 6.29. The number of nitrogens with one attached hydrogen (secondary N) is 2. The maximum atomic E-state index is 6.22. The monoisotopic (exact) mass is 1050 g/mol. The van der Waals surface area contributed by atoms with Crippen molar-refractivity contribution in [3.8, 4) is 21.4 Å². The molecule has 10 nitrogen and oxygen atoms in total. The zero-order valence-electron chi connectivity index (χ0n) is 24.3. The van der Waals surface area contributed by atoms with Gasteiger partial charge in [-0.05, 0) is 76.7 Å². The molecular formula is C28H38I4N10S. The molecule has 0 bridgehead atoms. The minimum Gasteiger partial charge on any atom is -0.384 e. The molecule has 15 heteroatoms. The summed E-state index contributed by atoms with van der Waals surface area (Å²) in [6, 6.07) is 16.0. The van der Waals surface area contributed by atoms with Gasteiger partial charge < -0.3 is 31.2 Å². The lowest BCUT2D eigenvalue weighted by Gasteiger charge is -2.07. The van der Waals surface area contributed by atoms with E-state index in [0.717, 1.165) is 67.7 Å². The predicted octanol–water partition coefficient (Wildman–Crippen LogP) is 5.84. The van der Waals surface area contributed by atoms with Crippen LogP contribution in [0.2, 0.25) is 0 Å². The average molecular weight is 1050 g/mol. The lowest BCUT2D eigenvalue weighted by atomic mass is 10.2. The zero-order chi connectivity index (χ0) is 27.5. The Balaban J connectivity index is 0.00000231. The van der Waals surface area contributed by atoms with Crippen molar-refractivity contribution in [1.29, 1.82) is 0 Å². The predicted molar refractivity (Wildman–Crippen MR) is 224 cm³/mol. The number of imidazole rings is 2. The molecule has 0 radical (unpaired) electrons. The van der Waals surface area contributed by atoms with E-state index in [9.17, 15) is 0 Å². The summed E-state index contributed by atoms with van der Waals surface area (Å²) >= 11 is 1.62. The van der Waals surface area contributed by atoms with Gasteiger partial charge in [0.1, 0.15) is 23.3 Å². The first-order chi connectivity index (χ1) is 18.8. The Morgan fingerprint density at radius 3 is 1.44 bits per heavy atom. The van der Waals surface area contributed by atoms with Crippen molar-refractivity contribution >= 4 is 141 Å². The van der Waals surface area contributed by atoms with Gasteiger partial charge in [-0.3, -0.25) is 9.98 Å². The Labute approximate surface area is 324 Å². The first-order valence-corrected chi connectivity index (χ1v) is 13.6. The molecule has 234 valence electrons. The highest BCUT2D eigenvalue weighted by atomic mass is 127. The number of aliphatic imine (C=N–C) groups is 2. The number of H-pyrrole nitrogens is 2. The largest absolute Gasteiger partial charge is 0.384 e. The van der Waals surface area contributed by atoms with Crippen molar-refractivity contribution in [2.45, 2.75) is 0 Å². The smallest absolute Gasteiger partial charge is 0.148 e. The lowest BCUT2D eigenvalue weighted by Crippen LogP contribution is -2.19. The second kappa shape index (κ2) is 18.1. The molecule has 0 unspecified atom stereocenters. The van der Waals surface area contributed by atoms with E-state index in [4.69, 9.17) is 21.4 Å². The van der Waals surface area contributed by atoms with Gasteiger partial charge >= 0.3 is 0 Å². The fourth-order valence-corrected chi connectivity index (χ4v) is 4.98. The molecule has 0 aliphatic rings. The van der Waals surface area contributed by atoms with E-state index in [2.05, 4.69) is 41.9 Å². The normalized spacial score (nSPS) is 11.8. The van der Waals surface area contributed by atoms with Crippen LogP contribution in [0.5, 0.6) is 0 Å².